The molecule has 1 aliphatic rings. The number of aliphatic imine (C=N–C) groups is 2. The highest BCUT2D eigenvalue weighted by Crippen LogP contribution is 2.29. The van der Waals surface area contributed by atoms with Gasteiger partial charge in [0, 0.05) is 28.4 Å². The summed E-state index contributed by atoms with van der Waals surface area (Å²) in [6.07, 6.45) is 1.43. The maximum absolute atomic E-state index is 12.3. The molecule has 0 aliphatic carbocycles. The first-order valence-electron chi connectivity index (χ1n) is 8.93. The highest BCUT2D eigenvalue weighted by Gasteiger charge is 2.20. The predicted octanol–water partition coefficient (Wildman–Crippen LogP) is 2.82. The standard InChI is InChI=1S/C20H20N6O2S/c1-28-13-8-6-12(7-9-13)23-17(27)11-29-20-25-18(24-19(21)26-20)15-10-22-16-5-3-2-4-14(15)16/h2-10,18,22H,11H2,1H3,(H,23,27)(H3,21,24,25,26)/t18-/m0/s1. The lowest BCUT2D eigenvalue weighted by atomic mass is 10.1. The molecule has 1 aliphatic heterocycles. The number of aromatic amines is 1. The Hall–Kier alpha value is -3.46. The maximum Gasteiger partial charge on any atom is 0.234 e. The minimum Gasteiger partial charge on any atom is -0.497 e. The zero-order valence-corrected chi connectivity index (χ0v) is 16.5. The largest absolute Gasteiger partial charge is 0.497 e. The number of nitrogens with two attached hydrogens (primary N) is 1. The number of carbonyl (C=O) groups is 1. The van der Waals surface area contributed by atoms with Gasteiger partial charge in [-0.3, -0.25) is 4.79 Å². The number of fused-ring (bicyclic) bond motifs is 1. The van der Waals surface area contributed by atoms with E-state index in [-0.39, 0.29) is 17.6 Å². The summed E-state index contributed by atoms with van der Waals surface area (Å²) in [5.41, 5.74) is 8.59. The molecule has 2 aromatic carbocycles. The number of nitrogens with one attached hydrogen (secondary N) is 3. The van der Waals surface area contributed by atoms with Crippen LogP contribution >= 0.6 is 11.8 Å². The van der Waals surface area contributed by atoms with Gasteiger partial charge in [0.15, 0.2) is 17.3 Å². The topological polar surface area (TPSA) is 117 Å². The number of carbonyl (C=O) groups excluding carboxylic acids is 1. The Bertz CT molecular complexity index is 1090. The number of hydrogen-bond donors (Lipinski definition) is 4. The van der Waals surface area contributed by atoms with Crippen LogP contribution in [0.15, 0.2) is 64.7 Å². The third-order valence-electron chi connectivity index (χ3n) is 4.35. The second-order valence-electron chi connectivity index (χ2n) is 6.30. The number of methoxy groups -OCH3 is 1. The molecule has 1 aromatic heterocycles. The van der Waals surface area contributed by atoms with Gasteiger partial charge in [0.1, 0.15) is 5.75 Å². The average molecular weight is 408 g/mol. The molecule has 1 atom stereocenters. The molecule has 5 N–H and O–H groups in total. The number of ether oxygens (including phenoxy) is 1. The summed E-state index contributed by atoms with van der Waals surface area (Å²) >= 11 is 1.27. The second kappa shape index (κ2) is 8.27. The maximum atomic E-state index is 12.3. The van der Waals surface area contributed by atoms with Crippen molar-refractivity contribution in [2.24, 2.45) is 15.7 Å². The van der Waals surface area contributed by atoms with Crippen molar-refractivity contribution < 1.29 is 9.53 Å². The molecule has 3 aromatic rings. The Labute approximate surface area is 171 Å². The first kappa shape index (κ1) is 18.9. The molecule has 29 heavy (non-hydrogen) atoms. The molecular weight excluding hydrogens is 388 g/mol. The fourth-order valence-electron chi connectivity index (χ4n) is 2.97. The summed E-state index contributed by atoms with van der Waals surface area (Å²) in [5.74, 6) is 1.05. The number of nitrogens with zero attached hydrogens (tertiary/aromatic N) is 2. The van der Waals surface area contributed by atoms with Crippen molar-refractivity contribution in [3.05, 3.63) is 60.3 Å². The monoisotopic (exact) mass is 408 g/mol. The van der Waals surface area contributed by atoms with Gasteiger partial charge in [0.2, 0.25) is 5.91 Å². The van der Waals surface area contributed by atoms with E-state index >= 15 is 0 Å². The van der Waals surface area contributed by atoms with Gasteiger partial charge >= 0.3 is 0 Å². The fraction of sp³-hybridized carbons (Fsp3) is 0.150. The van der Waals surface area contributed by atoms with Gasteiger partial charge in [0.05, 0.1) is 12.9 Å². The van der Waals surface area contributed by atoms with Gasteiger partial charge in [-0.05, 0) is 30.3 Å². The van der Waals surface area contributed by atoms with E-state index in [0.29, 0.717) is 10.9 Å². The molecule has 2 heterocycles. The van der Waals surface area contributed by atoms with E-state index in [2.05, 4.69) is 25.6 Å². The van der Waals surface area contributed by atoms with Crippen LogP contribution in [0, 0.1) is 0 Å². The molecule has 0 fully saturated rings. The minimum absolute atomic E-state index is 0.144. The van der Waals surface area contributed by atoms with Crippen LogP contribution in [0.5, 0.6) is 5.75 Å². The quantitative estimate of drug-likeness (QED) is 0.518. The van der Waals surface area contributed by atoms with Crippen molar-refractivity contribution in [1.29, 1.82) is 0 Å². The zero-order valence-electron chi connectivity index (χ0n) is 15.7. The van der Waals surface area contributed by atoms with Crippen molar-refractivity contribution in [3.63, 3.8) is 0 Å². The lowest BCUT2D eigenvalue weighted by Gasteiger charge is -2.18. The average Bonchev–Trinajstić information content (AvgIpc) is 3.17. The highest BCUT2D eigenvalue weighted by atomic mass is 32.2. The SMILES string of the molecule is COc1ccc(NC(=O)CSC2=N[C@@H](c3c[nH]c4ccccc34)N=C(N)N2)cc1. The minimum atomic E-state index is -0.459. The second-order valence-corrected chi connectivity index (χ2v) is 7.27. The van der Waals surface area contributed by atoms with Gasteiger partial charge in [-0.2, -0.15) is 0 Å². The van der Waals surface area contributed by atoms with Crippen molar-refractivity contribution in [3.8, 4) is 5.75 Å². The summed E-state index contributed by atoms with van der Waals surface area (Å²) in [6, 6.07) is 15.1. The van der Waals surface area contributed by atoms with Crippen LogP contribution in [0.3, 0.4) is 0 Å². The lowest BCUT2D eigenvalue weighted by molar-refractivity contribution is -0.113. The number of anilines is 1. The molecule has 4 rings (SSSR count). The molecule has 0 bridgehead atoms. The third-order valence-corrected chi connectivity index (χ3v) is 5.24. The Morgan fingerprint density at radius 1 is 1.21 bits per heavy atom. The van der Waals surface area contributed by atoms with Crippen LogP contribution in [-0.4, -0.2) is 34.9 Å². The first-order valence-corrected chi connectivity index (χ1v) is 9.92. The summed E-state index contributed by atoms with van der Waals surface area (Å²) in [4.78, 5) is 24.5. The Morgan fingerprint density at radius 2 is 2.00 bits per heavy atom. The predicted molar refractivity (Wildman–Crippen MR) is 117 cm³/mol. The number of thioether (sulfide) groups is 1. The van der Waals surface area contributed by atoms with Crippen molar-refractivity contribution in [2.45, 2.75) is 6.17 Å². The van der Waals surface area contributed by atoms with E-state index < -0.39 is 6.17 Å². The van der Waals surface area contributed by atoms with Gasteiger partial charge in [-0.15, -0.1) is 0 Å². The van der Waals surface area contributed by atoms with E-state index in [1.165, 1.54) is 11.8 Å². The molecule has 1 amide bonds. The van der Waals surface area contributed by atoms with Gasteiger partial charge < -0.3 is 26.1 Å². The van der Waals surface area contributed by atoms with Gasteiger partial charge in [-0.1, -0.05) is 30.0 Å². The molecule has 0 unspecified atom stereocenters. The molecule has 0 radical (unpaired) electrons. The fourth-order valence-corrected chi connectivity index (χ4v) is 3.66. The van der Waals surface area contributed by atoms with Crippen LogP contribution in [-0.2, 0) is 4.79 Å². The Morgan fingerprint density at radius 3 is 2.79 bits per heavy atom. The van der Waals surface area contributed by atoms with Crippen LogP contribution in [0.4, 0.5) is 5.69 Å². The van der Waals surface area contributed by atoms with E-state index in [9.17, 15) is 4.79 Å². The van der Waals surface area contributed by atoms with Crippen LogP contribution in [0.2, 0.25) is 0 Å². The molecule has 9 heteroatoms. The Balaban J connectivity index is 1.42. The summed E-state index contributed by atoms with van der Waals surface area (Å²) in [7, 11) is 1.60. The number of hydrogen-bond acceptors (Lipinski definition) is 7. The van der Waals surface area contributed by atoms with Crippen LogP contribution in [0.1, 0.15) is 11.7 Å². The molecule has 0 saturated carbocycles. The number of amides is 1. The third kappa shape index (κ3) is 4.35. The highest BCUT2D eigenvalue weighted by molar-refractivity contribution is 8.14. The number of guanidine groups is 1. The Kier molecular flexibility index (Phi) is 5.39. The van der Waals surface area contributed by atoms with E-state index in [1.54, 1.807) is 31.4 Å². The lowest BCUT2D eigenvalue weighted by Crippen LogP contribution is -2.39. The van der Waals surface area contributed by atoms with Crippen molar-refractivity contribution >= 4 is 45.4 Å². The molecule has 0 spiro atoms. The zero-order chi connectivity index (χ0) is 20.2. The molecule has 8 nitrogen and oxygen atoms in total. The first-order chi connectivity index (χ1) is 14.1. The molecule has 148 valence electrons. The van der Waals surface area contributed by atoms with Gasteiger partial charge in [-0.25, -0.2) is 9.98 Å². The number of benzene rings is 2. The number of amidine groups is 1. The van der Waals surface area contributed by atoms with Crippen molar-refractivity contribution in [2.75, 3.05) is 18.2 Å². The summed E-state index contributed by atoms with van der Waals surface area (Å²) in [6.45, 7) is 0. The molecule has 0 saturated heterocycles. The van der Waals surface area contributed by atoms with E-state index in [1.807, 2.05) is 30.5 Å². The smallest absolute Gasteiger partial charge is 0.234 e. The van der Waals surface area contributed by atoms with E-state index in [4.69, 9.17) is 10.5 Å². The number of H-pyrrole nitrogens is 1. The number of para-hydroxylation sites is 1. The van der Waals surface area contributed by atoms with Gasteiger partial charge in [0.25, 0.3) is 0 Å². The molecular formula is C20H20N6O2S. The number of rotatable bonds is 5. The van der Waals surface area contributed by atoms with Crippen LogP contribution in [0.25, 0.3) is 10.9 Å². The summed E-state index contributed by atoms with van der Waals surface area (Å²) in [5, 5.41) is 7.36. The van der Waals surface area contributed by atoms with Crippen LogP contribution < -0.4 is 21.1 Å². The normalized spacial score (nSPS) is 16.0. The number of aromatic nitrogens is 1. The summed E-state index contributed by atoms with van der Waals surface area (Å²) < 4.78 is 5.11. The van der Waals surface area contributed by atoms with E-state index in [0.717, 1.165) is 22.2 Å². The van der Waals surface area contributed by atoms with Crippen molar-refractivity contribution in [1.82, 2.24) is 10.3 Å².